The van der Waals surface area contributed by atoms with Gasteiger partial charge in [-0.2, -0.15) is 0 Å². The van der Waals surface area contributed by atoms with Crippen molar-refractivity contribution < 1.29 is 0 Å². The normalized spacial score (nSPS) is 10.8. The summed E-state index contributed by atoms with van der Waals surface area (Å²) in [6.45, 7) is 0. The van der Waals surface area contributed by atoms with Crippen LogP contribution >= 0.6 is 11.6 Å². The van der Waals surface area contributed by atoms with Crippen molar-refractivity contribution >= 4 is 28.2 Å². The summed E-state index contributed by atoms with van der Waals surface area (Å²) in [7, 11) is 4.03. The van der Waals surface area contributed by atoms with Gasteiger partial charge in [-0.3, -0.25) is 0 Å². The molecule has 0 saturated carbocycles. The molecule has 0 amide bonds. The van der Waals surface area contributed by atoms with Crippen LogP contribution in [-0.4, -0.2) is 19.1 Å². The molecule has 0 aliphatic rings. The SMILES string of the molecule is CN(C)c1ccc2nc(-c3ccccc3)cc(Cl)c2c1. The minimum atomic E-state index is 0.734. The fraction of sp³-hybridized carbons (Fsp3) is 0.118. The predicted molar refractivity (Wildman–Crippen MR) is 86.5 cm³/mol. The molecule has 100 valence electrons. The molecule has 0 atom stereocenters. The van der Waals surface area contributed by atoms with Crippen LogP contribution in [0.3, 0.4) is 0 Å². The number of rotatable bonds is 2. The van der Waals surface area contributed by atoms with E-state index < -0.39 is 0 Å². The van der Waals surface area contributed by atoms with Gasteiger partial charge in [0.05, 0.1) is 16.2 Å². The summed E-state index contributed by atoms with van der Waals surface area (Å²) in [5.41, 5.74) is 4.02. The summed E-state index contributed by atoms with van der Waals surface area (Å²) in [6, 6.07) is 18.2. The average Bonchev–Trinajstić information content (AvgIpc) is 2.47. The molecule has 3 rings (SSSR count). The first-order valence-corrected chi connectivity index (χ1v) is 6.86. The molecular formula is C17H15ClN2. The zero-order chi connectivity index (χ0) is 14.1. The monoisotopic (exact) mass is 282 g/mol. The first kappa shape index (κ1) is 12.9. The summed E-state index contributed by atoms with van der Waals surface area (Å²) < 4.78 is 0. The van der Waals surface area contributed by atoms with Gasteiger partial charge in [-0.25, -0.2) is 4.98 Å². The highest BCUT2D eigenvalue weighted by atomic mass is 35.5. The highest BCUT2D eigenvalue weighted by Crippen LogP contribution is 2.30. The number of hydrogen-bond donors (Lipinski definition) is 0. The number of pyridine rings is 1. The van der Waals surface area contributed by atoms with Gasteiger partial charge >= 0.3 is 0 Å². The van der Waals surface area contributed by atoms with Gasteiger partial charge in [0.1, 0.15) is 0 Å². The van der Waals surface area contributed by atoms with Crippen LogP contribution in [0, 0.1) is 0 Å². The Balaban J connectivity index is 2.18. The molecule has 0 spiro atoms. The number of benzene rings is 2. The lowest BCUT2D eigenvalue weighted by Crippen LogP contribution is -2.08. The minimum absolute atomic E-state index is 0.734. The summed E-state index contributed by atoms with van der Waals surface area (Å²) in [6.07, 6.45) is 0. The Hall–Kier alpha value is -2.06. The average molecular weight is 283 g/mol. The molecule has 0 aliphatic heterocycles. The molecule has 0 bridgehead atoms. The number of hydrogen-bond acceptors (Lipinski definition) is 2. The van der Waals surface area contributed by atoms with Crippen LogP contribution in [0.5, 0.6) is 0 Å². The van der Waals surface area contributed by atoms with Crippen molar-refractivity contribution in [2.75, 3.05) is 19.0 Å². The van der Waals surface area contributed by atoms with Crippen LogP contribution in [0.2, 0.25) is 5.02 Å². The van der Waals surface area contributed by atoms with E-state index in [-0.39, 0.29) is 0 Å². The second kappa shape index (κ2) is 5.14. The van der Waals surface area contributed by atoms with Crippen LogP contribution < -0.4 is 4.90 Å². The molecule has 0 radical (unpaired) electrons. The number of nitrogens with zero attached hydrogens (tertiary/aromatic N) is 2. The van der Waals surface area contributed by atoms with Gasteiger partial charge in [0, 0.05) is 30.7 Å². The molecule has 1 aromatic heterocycles. The third kappa shape index (κ3) is 2.35. The molecule has 3 heteroatoms. The van der Waals surface area contributed by atoms with Crippen molar-refractivity contribution in [1.29, 1.82) is 0 Å². The Bertz CT molecular complexity index is 752. The van der Waals surface area contributed by atoms with Crippen LogP contribution in [0.4, 0.5) is 5.69 Å². The van der Waals surface area contributed by atoms with Gasteiger partial charge in [-0.05, 0) is 24.3 Å². The topological polar surface area (TPSA) is 16.1 Å². The van der Waals surface area contributed by atoms with Gasteiger partial charge in [0.25, 0.3) is 0 Å². The van der Waals surface area contributed by atoms with E-state index in [4.69, 9.17) is 16.6 Å². The fourth-order valence-electron chi connectivity index (χ4n) is 2.21. The van der Waals surface area contributed by atoms with E-state index in [2.05, 4.69) is 17.0 Å². The largest absolute Gasteiger partial charge is 0.378 e. The molecule has 20 heavy (non-hydrogen) atoms. The Labute approximate surface area is 123 Å². The molecular weight excluding hydrogens is 268 g/mol. The summed E-state index contributed by atoms with van der Waals surface area (Å²) >= 11 is 6.43. The number of halogens is 1. The Kier molecular flexibility index (Phi) is 3.33. The second-order valence-corrected chi connectivity index (χ2v) is 5.36. The minimum Gasteiger partial charge on any atom is -0.378 e. The van der Waals surface area contributed by atoms with Gasteiger partial charge in [0.15, 0.2) is 0 Å². The molecule has 2 aromatic carbocycles. The fourth-order valence-corrected chi connectivity index (χ4v) is 2.46. The lowest BCUT2D eigenvalue weighted by molar-refractivity contribution is 1.13. The molecule has 3 aromatic rings. The zero-order valence-electron chi connectivity index (χ0n) is 11.5. The van der Waals surface area contributed by atoms with E-state index in [9.17, 15) is 0 Å². The maximum absolute atomic E-state index is 6.43. The molecule has 0 aliphatic carbocycles. The summed E-state index contributed by atoms with van der Waals surface area (Å²) in [5.74, 6) is 0. The van der Waals surface area contributed by atoms with E-state index in [1.54, 1.807) is 0 Å². The van der Waals surface area contributed by atoms with Crippen LogP contribution in [0.1, 0.15) is 0 Å². The van der Waals surface area contributed by atoms with Crippen LogP contribution in [-0.2, 0) is 0 Å². The smallest absolute Gasteiger partial charge is 0.0726 e. The van der Waals surface area contributed by atoms with Crippen molar-refractivity contribution in [3.05, 3.63) is 59.6 Å². The maximum Gasteiger partial charge on any atom is 0.0726 e. The third-order valence-corrected chi connectivity index (χ3v) is 3.64. The van der Waals surface area contributed by atoms with Crippen LogP contribution in [0.15, 0.2) is 54.6 Å². The Morgan fingerprint density at radius 3 is 2.40 bits per heavy atom. The van der Waals surface area contributed by atoms with Crippen molar-refractivity contribution in [2.45, 2.75) is 0 Å². The van der Waals surface area contributed by atoms with Gasteiger partial charge in [0.2, 0.25) is 0 Å². The van der Waals surface area contributed by atoms with Crippen molar-refractivity contribution in [2.24, 2.45) is 0 Å². The summed E-state index contributed by atoms with van der Waals surface area (Å²) in [5, 5.41) is 1.72. The Morgan fingerprint density at radius 1 is 0.950 bits per heavy atom. The highest BCUT2D eigenvalue weighted by Gasteiger charge is 2.07. The number of fused-ring (bicyclic) bond motifs is 1. The predicted octanol–water partition coefficient (Wildman–Crippen LogP) is 4.62. The van der Waals surface area contributed by atoms with E-state index in [0.29, 0.717) is 0 Å². The molecule has 1 heterocycles. The van der Waals surface area contributed by atoms with E-state index >= 15 is 0 Å². The Morgan fingerprint density at radius 2 is 1.70 bits per heavy atom. The van der Waals surface area contributed by atoms with E-state index in [1.165, 1.54) is 0 Å². The number of aromatic nitrogens is 1. The maximum atomic E-state index is 6.43. The summed E-state index contributed by atoms with van der Waals surface area (Å²) in [4.78, 5) is 6.76. The van der Waals surface area contributed by atoms with Gasteiger partial charge < -0.3 is 4.90 Å². The lowest BCUT2D eigenvalue weighted by Gasteiger charge is -2.14. The van der Waals surface area contributed by atoms with Crippen molar-refractivity contribution in [3.8, 4) is 11.3 Å². The molecule has 0 N–H and O–H groups in total. The molecule has 2 nitrogen and oxygen atoms in total. The quantitative estimate of drug-likeness (QED) is 0.682. The number of anilines is 1. The van der Waals surface area contributed by atoms with Crippen molar-refractivity contribution in [1.82, 2.24) is 4.98 Å². The van der Waals surface area contributed by atoms with E-state index in [0.717, 1.165) is 32.9 Å². The third-order valence-electron chi connectivity index (χ3n) is 3.33. The van der Waals surface area contributed by atoms with Crippen LogP contribution in [0.25, 0.3) is 22.2 Å². The van der Waals surface area contributed by atoms with E-state index in [1.807, 2.05) is 56.6 Å². The van der Waals surface area contributed by atoms with Crippen molar-refractivity contribution in [3.63, 3.8) is 0 Å². The first-order valence-electron chi connectivity index (χ1n) is 6.48. The molecule has 0 saturated heterocycles. The standard InChI is InChI=1S/C17H15ClN2/c1-20(2)13-8-9-16-14(10-13)15(18)11-17(19-16)12-6-4-3-5-7-12/h3-11H,1-2H3. The second-order valence-electron chi connectivity index (χ2n) is 4.95. The first-order chi connectivity index (χ1) is 9.65. The van der Waals surface area contributed by atoms with Gasteiger partial charge in [-0.1, -0.05) is 41.9 Å². The zero-order valence-corrected chi connectivity index (χ0v) is 12.2. The molecule has 0 unspecified atom stereocenters. The lowest BCUT2D eigenvalue weighted by atomic mass is 10.1. The van der Waals surface area contributed by atoms with Gasteiger partial charge in [-0.15, -0.1) is 0 Å². The molecule has 0 fully saturated rings. The highest BCUT2D eigenvalue weighted by molar-refractivity contribution is 6.35.